The summed E-state index contributed by atoms with van der Waals surface area (Å²) in [6.45, 7) is 2.36. The van der Waals surface area contributed by atoms with Crippen LogP contribution >= 0.6 is 12.1 Å². The molecule has 0 heterocycles. The molecule has 0 nitrogen and oxygen atoms in total. The first-order valence-electron chi connectivity index (χ1n) is 12.8. The molecule has 0 unspecified atom stereocenters. The van der Waals surface area contributed by atoms with E-state index in [1.165, 1.54) is 37.7 Å². The highest BCUT2D eigenvalue weighted by Crippen LogP contribution is 2.71. The second-order valence-electron chi connectivity index (χ2n) is 9.78. The Morgan fingerprint density at radius 3 is 1.29 bits per heavy atom. The van der Waals surface area contributed by atoms with Gasteiger partial charge in [0.05, 0.1) is 0 Å². The molecule has 0 radical (unpaired) electrons. The van der Waals surface area contributed by atoms with E-state index in [0.29, 0.717) is 0 Å². The highest BCUT2D eigenvalue weighted by Gasteiger charge is 2.49. The number of hydrogen-bond donors (Lipinski definition) is 0. The van der Waals surface area contributed by atoms with Crippen LogP contribution in [-0.4, -0.2) is 0 Å². The van der Waals surface area contributed by atoms with Gasteiger partial charge < -0.3 is 0 Å². The van der Waals surface area contributed by atoms with Gasteiger partial charge in [-0.15, -0.1) is 0 Å². The standard InChI is InChI=1S/C34H28P2S2/c1-34(36(38,29-20-10-4-11-21-29)30-22-12-5-13-23-30)26-33(31-24-14-15-25-32(31)34)35(37,27-16-6-2-7-17-27)28-18-8-3-9-19-28/h2-26H,1H3/t34-/m0/s1. The van der Waals surface area contributed by atoms with Crippen molar-refractivity contribution in [3.05, 3.63) is 163 Å². The Morgan fingerprint density at radius 2 is 0.842 bits per heavy atom. The molecule has 1 aliphatic rings. The van der Waals surface area contributed by atoms with Crippen molar-refractivity contribution in [2.45, 2.75) is 12.1 Å². The Kier molecular flexibility index (Phi) is 6.71. The Balaban J connectivity index is 1.70. The molecule has 186 valence electrons. The first kappa shape index (κ1) is 25.4. The predicted molar refractivity (Wildman–Crippen MR) is 175 cm³/mol. The Hall–Kier alpha value is -2.86. The third kappa shape index (κ3) is 3.86. The van der Waals surface area contributed by atoms with Gasteiger partial charge in [0.2, 0.25) is 0 Å². The molecular formula is C34H28P2S2. The number of hydrogen-bond acceptors (Lipinski definition) is 2. The zero-order chi connectivity index (χ0) is 26.2. The van der Waals surface area contributed by atoms with E-state index in [0.717, 1.165) is 0 Å². The van der Waals surface area contributed by atoms with Gasteiger partial charge in [-0.2, -0.15) is 0 Å². The average molecular weight is 563 g/mol. The summed E-state index contributed by atoms with van der Waals surface area (Å²) in [5.74, 6) is 0. The molecule has 0 bridgehead atoms. The zero-order valence-corrected chi connectivity index (χ0v) is 24.6. The van der Waals surface area contributed by atoms with Crippen molar-refractivity contribution < 1.29 is 0 Å². The predicted octanol–water partition coefficient (Wildman–Crippen LogP) is 7.52. The SMILES string of the molecule is C[C@]1(P(=S)(c2ccccc2)c2ccccc2)C=C(P(=S)(c2ccccc2)c2ccccc2)c2ccccc21. The first-order chi connectivity index (χ1) is 18.5. The molecule has 6 rings (SSSR count). The monoisotopic (exact) mass is 562 g/mol. The molecule has 0 aromatic heterocycles. The van der Waals surface area contributed by atoms with Crippen LogP contribution in [0.15, 0.2) is 152 Å². The maximum absolute atomic E-state index is 6.94. The van der Waals surface area contributed by atoms with Crippen LogP contribution in [0.25, 0.3) is 5.31 Å². The van der Waals surface area contributed by atoms with Gasteiger partial charge >= 0.3 is 0 Å². The fraction of sp³-hybridized carbons (Fsp3) is 0.0588. The van der Waals surface area contributed by atoms with E-state index < -0.39 is 17.2 Å². The third-order valence-electron chi connectivity index (χ3n) is 7.64. The maximum Gasteiger partial charge on any atom is 0.0486 e. The van der Waals surface area contributed by atoms with Crippen LogP contribution < -0.4 is 21.2 Å². The topological polar surface area (TPSA) is 0 Å². The molecule has 0 N–H and O–H groups in total. The fourth-order valence-electron chi connectivity index (χ4n) is 5.75. The summed E-state index contributed by atoms with van der Waals surface area (Å²) in [5, 5.41) is 5.72. The molecule has 0 aliphatic heterocycles. The lowest BCUT2D eigenvalue weighted by Crippen LogP contribution is -2.31. The lowest BCUT2D eigenvalue weighted by molar-refractivity contribution is 0.886. The van der Waals surface area contributed by atoms with E-state index in [1.54, 1.807) is 0 Å². The Morgan fingerprint density at radius 1 is 0.474 bits per heavy atom. The van der Waals surface area contributed by atoms with Crippen LogP contribution in [0.4, 0.5) is 0 Å². The van der Waals surface area contributed by atoms with Crippen molar-refractivity contribution in [3.63, 3.8) is 0 Å². The largest absolute Gasteiger partial charge is 0.0864 e. The maximum atomic E-state index is 6.94. The third-order valence-corrected chi connectivity index (χ3v) is 18.7. The van der Waals surface area contributed by atoms with Crippen LogP contribution in [0, 0.1) is 0 Å². The van der Waals surface area contributed by atoms with Crippen LogP contribution in [0.1, 0.15) is 18.1 Å². The molecule has 38 heavy (non-hydrogen) atoms. The molecule has 0 amide bonds. The number of rotatable bonds is 6. The van der Waals surface area contributed by atoms with Gasteiger partial charge in [-0.3, -0.25) is 0 Å². The van der Waals surface area contributed by atoms with Gasteiger partial charge in [-0.05, 0) is 44.6 Å². The van der Waals surface area contributed by atoms with Crippen molar-refractivity contribution in [1.29, 1.82) is 0 Å². The fourth-order valence-corrected chi connectivity index (χ4v) is 14.6. The van der Waals surface area contributed by atoms with Crippen molar-refractivity contribution in [3.8, 4) is 0 Å². The zero-order valence-electron chi connectivity index (χ0n) is 21.1. The van der Waals surface area contributed by atoms with Gasteiger partial charge in [0.1, 0.15) is 0 Å². The normalized spacial score (nSPS) is 17.0. The first-order valence-corrected chi connectivity index (χ1v) is 18.4. The molecule has 4 heteroatoms. The van der Waals surface area contributed by atoms with Gasteiger partial charge in [0.25, 0.3) is 0 Å². The summed E-state index contributed by atoms with van der Waals surface area (Å²) in [6, 6.07) is 47.0. The minimum atomic E-state index is -2.38. The van der Waals surface area contributed by atoms with E-state index in [2.05, 4.69) is 159 Å². The lowest BCUT2D eigenvalue weighted by Gasteiger charge is -2.39. The highest BCUT2D eigenvalue weighted by molar-refractivity contribution is 8.27. The van der Waals surface area contributed by atoms with E-state index in [4.69, 9.17) is 23.6 Å². The van der Waals surface area contributed by atoms with Crippen LogP contribution in [-0.2, 0) is 28.8 Å². The summed E-state index contributed by atoms with van der Waals surface area (Å²) in [5.41, 5.74) is 2.53. The summed E-state index contributed by atoms with van der Waals surface area (Å²) in [4.78, 5) is 0. The Bertz CT molecular complexity index is 1630. The molecule has 5 aromatic rings. The van der Waals surface area contributed by atoms with Crippen LogP contribution in [0.2, 0.25) is 0 Å². The summed E-state index contributed by atoms with van der Waals surface area (Å²) in [7, 11) is 0. The molecule has 0 saturated heterocycles. The van der Waals surface area contributed by atoms with Crippen LogP contribution in [0.3, 0.4) is 0 Å². The molecule has 0 spiro atoms. The average Bonchev–Trinajstić information content (AvgIpc) is 3.32. The molecular weight excluding hydrogens is 534 g/mol. The second-order valence-corrected chi connectivity index (χ2v) is 19.0. The van der Waals surface area contributed by atoms with E-state index in [1.807, 2.05) is 0 Å². The minimum absolute atomic E-state index is 0.398. The quantitative estimate of drug-likeness (QED) is 0.196. The number of benzene rings is 5. The van der Waals surface area contributed by atoms with E-state index >= 15 is 0 Å². The second kappa shape index (κ2) is 10.0. The Labute approximate surface area is 236 Å². The smallest absolute Gasteiger partial charge is 0.0486 e. The molecule has 0 saturated carbocycles. The molecule has 5 aromatic carbocycles. The van der Waals surface area contributed by atoms with Crippen LogP contribution in [0.5, 0.6) is 0 Å². The number of allylic oxidation sites excluding steroid dienone is 1. The molecule has 1 aliphatic carbocycles. The lowest BCUT2D eigenvalue weighted by atomic mass is 10.0. The highest BCUT2D eigenvalue weighted by atomic mass is 32.4. The molecule has 1 atom stereocenters. The molecule has 0 fully saturated rings. The van der Waals surface area contributed by atoms with Gasteiger partial charge in [0, 0.05) is 17.2 Å². The van der Waals surface area contributed by atoms with E-state index in [9.17, 15) is 0 Å². The van der Waals surface area contributed by atoms with E-state index in [-0.39, 0.29) is 0 Å². The van der Waals surface area contributed by atoms with Crippen molar-refractivity contribution >= 4 is 62.2 Å². The van der Waals surface area contributed by atoms with Gasteiger partial charge in [-0.25, -0.2) is 0 Å². The minimum Gasteiger partial charge on any atom is -0.0864 e. The van der Waals surface area contributed by atoms with Crippen molar-refractivity contribution in [1.82, 2.24) is 0 Å². The summed E-state index contributed by atoms with van der Waals surface area (Å²) in [6.07, 6.45) is 2.49. The summed E-state index contributed by atoms with van der Waals surface area (Å²) < 4.78 is 0. The van der Waals surface area contributed by atoms with Gasteiger partial charge in [0.15, 0.2) is 0 Å². The van der Waals surface area contributed by atoms with Crippen molar-refractivity contribution in [2.24, 2.45) is 0 Å². The number of fused-ring (bicyclic) bond motifs is 1. The van der Waals surface area contributed by atoms with Crippen molar-refractivity contribution in [2.75, 3.05) is 0 Å². The summed E-state index contributed by atoms with van der Waals surface area (Å²) >= 11 is 13.8. The van der Waals surface area contributed by atoms with Gasteiger partial charge in [-0.1, -0.05) is 175 Å².